The van der Waals surface area contributed by atoms with Crippen LogP contribution in [0.15, 0.2) is 59.6 Å². The van der Waals surface area contributed by atoms with E-state index in [4.69, 9.17) is 4.99 Å². The van der Waals surface area contributed by atoms with Gasteiger partial charge in [0, 0.05) is 37.6 Å². The van der Waals surface area contributed by atoms with E-state index in [9.17, 15) is 0 Å². The van der Waals surface area contributed by atoms with Crippen LogP contribution in [0.3, 0.4) is 0 Å². The zero-order valence-electron chi connectivity index (χ0n) is 16.8. The fraction of sp³-hybridized carbons (Fsp3) is 0.435. The summed E-state index contributed by atoms with van der Waals surface area (Å²) in [5, 5.41) is 1.19. The predicted molar refractivity (Wildman–Crippen MR) is 120 cm³/mol. The highest BCUT2D eigenvalue weighted by Gasteiger charge is 2.22. The number of rotatable bonds is 7. The maximum atomic E-state index is 4.84. The molecule has 144 valence electrons. The minimum Gasteiger partial charge on any atom is -0.372 e. The second-order valence-corrected chi connectivity index (χ2v) is 7.98. The first-order valence-electron chi connectivity index (χ1n) is 10.1. The Morgan fingerprint density at radius 3 is 2.30 bits per heavy atom. The summed E-state index contributed by atoms with van der Waals surface area (Å²) in [6.45, 7) is 10.6. The lowest BCUT2D eigenvalue weighted by Crippen LogP contribution is -2.33. The number of aliphatic imine (C=N–C) groups is 1. The van der Waals surface area contributed by atoms with E-state index in [-0.39, 0.29) is 0 Å². The van der Waals surface area contributed by atoms with Gasteiger partial charge < -0.3 is 9.80 Å². The molecule has 0 N–H and O–H groups in total. The second-order valence-electron chi connectivity index (χ2n) is 6.92. The summed E-state index contributed by atoms with van der Waals surface area (Å²) < 4.78 is 0. The molecule has 0 amide bonds. The van der Waals surface area contributed by atoms with Crippen molar-refractivity contribution in [3.63, 3.8) is 0 Å². The minimum absolute atomic E-state index is 0.304. The molecule has 0 radical (unpaired) electrons. The average Bonchev–Trinajstić information content (AvgIpc) is 2.74. The van der Waals surface area contributed by atoms with Crippen molar-refractivity contribution in [1.29, 1.82) is 0 Å². The third-order valence-corrected chi connectivity index (χ3v) is 6.31. The molecule has 0 aliphatic carbocycles. The Morgan fingerprint density at radius 2 is 1.70 bits per heavy atom. The monoisotopic (exact) mass is 381 g/mol. The van der Waals surface area contributed by atoms with Gasteiger partial charge in [-0.1, -0.05) is 54.2 Å². The molecule has 0 spiro atoms. The van der Waals surface area contributed by atoms with Crippen molar-refractivity contribution in [2.45, 2.75) is 39.8 Å². The molecule has 0 fully saturated rings. The summed E-state index contributed by atoms with van der Waals surface area (Å²) in [4.78, 5) is 9.69. The van der Waals surface area contributed by atoms with Gasteiger partial charge in [0.2, 0.25) is 0 Å². The van der Waals surface area contributed by atoms with E-state index in [1.807, 2.05) is 11.8 Å². The number of amidine groups is 1. The van der Waals surface area contributed by atoms with Gasteiger partial charge >= 0.3 is 0 Å². The molecule has 0 bridgehead atoms. The molecule has 2 aromatic carbocycles. The van der Waals surface area contributed by atoms with Crippen molar-refractivity contribution in [2.75, 3.05) is 30.3 Å². The number of thioether (sulfide) groups is 1. The van der Waals surface area contributed by atoms with E-state index >= 15 is 0 Å². The Morgan fingerprint density at radius 1 is 1.00 bits per heavy atom. The Labute approximate surface area is 168 Å². The topological polar surface area (TPSA) is 18.8 Å². The van der Waals surface area contributed by atoms with Crippen LogP contribution < -0.4 is 4.90 Å². The van der Waals surface area contributed by atoms with E-state index in [2.05, 4.69) is 85.2 Å². The standard InChI is InChI=1S/C23H31N3S/c1-4-25(5-2)22-14-12-20(13-15-22)18-26(23-24-16-9-17-27-23)19(3)21-10-7-6-8-11-21/h6-8,10-15,19H,4-5,9,16-18H2,1-3H3. The summed E-state index contributed by atoms with van der Waals surface area (Å²) in [6.07, 6.45) is 1.18. The third-order valence-electron chi connectivity index (χ3n) is 5.19. The van der Waals surface area contributed by atoms with Crippen LogP contribution in [-0.2, 0) is 6.54 Å². The van der Waals surface area contributed by atoms with Gasteiger partial charge in [-0.2, -0.15) is 0 Å². The average molecular weight is 382 g/mol. The lowest BCUT2D eigenvalue weighted by atomic mass is 10.1. The van der Waals surface area contributed by atoms with Crippen LogP contribution >= 0.6 is 11.8 Å². The Hall–Kier alpha value is -1.94. The van der Waals surface area contributed by atoms with Crippen molar-refractivity contribution < 1.29 is 0 Å². The summed E-state index contributed by atoms with van der Waals surface area (Å²) in [5.41, 5.74) is 3.98. The van der Waals surface area contributed by atoms with Crippen LogP contribution in [0.5, 0.6) is 0 Å². The van der Waals surface area contributed by atoms with Gasteiger partial charge in [-0.15, -0.1) is 0 Å². The van der Waals surface area contributed by atoms with Crippen molar-refractivity contribution in [2.24, 2.45) is 4.99 Å². The van der Waals surface area contributed by atoms with Gasteiger partial charge in [0.15, 0.2) is 5.17 Å². The Bertz CT molecular complexity index is 723. The summed E-state index contributed by atoms with van der Waals surface area (Å²) in [5.74, 6) is 1.16. The molecule has 3 rings (SSSR count). The summed E-state index contributed by atoms with van der Waals surface area (Å²) >= 11 is 1.90. The van der Waals surface area contributed by atoms with Crippen LogP contribution in [0.2, 0.25) is 0 Å². The zero-order chi connectivity index (χ0) is 19.1. The van der Waals surface area contributed by atoms with Gasteiger partial charge in [0.25, 0.3) is 0 Å². The van der Waals surface area contributed by atoms with Crippen molar-refractivity contribution in [3.8, 4) is 0 Å². The molecule has 27 heavy (non-hydrogen) atoms. The summed E-state index contributed by atoms with van der Waals surface area (Å²) in [7, 11) is 0. The molecule has 2 aromatic rings. The maximum Gasteiger partial charge on any atom is 0.159 e. The van der Waals surface area contributed by atoms with Crippen LogP contribution in [0.4, 0.5) is 5.69 Å². The molecule has 0 saturated heterocycles. The molecule has 0 aromatic heterocycles. The summed E-state index contributed by atoms with van der Waals surface area (Å²) in [6, 6.07) is 20.1. The molecular formula is C23H31N3S. The normalized spacial score (nSPS) is 15.1. The van der Waals surface area contributed by atoms with Gasteiger partial charge in [0.05, 0.1) is 6.04 Å². The zero-order valence-corrected chi connectivity index (χ0v) is 17.6. The fourth-order valence-corrected chi connectivity index (χ4v) is 4.53. The fourth-order valence-electron chi connectivity index (χ4n) is 3.50. The Balaban J connectivity index is 1.82. The highest BCUT2D eigenvalue weighted by atomic mass is 32.2. The highest BCUT2D eigenvalue weighted by molar-refractivity contribution is 8.13. The minimum atomic E-state index is 0.304. The molecule has 1 aliphatic heterocycles. The molecular weight excluding hydrogens is 350 g/mol. The van der Waals surface area contributed by atoms with Gasteiger partial charge in [-0.25, -0.2) is 0 Å². The van der Waals surface area contributed by atoms with E-state index in [0.717, 1.165) is 31.9 Å². The van der Waals surface area contributed by atoms with E-state index < -0.39 is 0 Å². The highest BCUT2D eigenvalue weighted by Crippen LogP contribution is 2.28. The number of benzene rings is 2. The first-order chi connectivity index (χ1) is 13.2. The molecule has 0 saturated carbocycles. The molecule has 1 heterocycles. The molecule has 1 aliphatic rings. The number of hydrogen-bond donors (Lipinski definition) is 0. The van der Waals surface area contributed by atoms with Gasteiger partial charge in [-0.05, 0) is 50.5 Å². The number of hydrogen-bond acceptors (Lipinski definition) is 4. The molecule has 1 atom stereocenters. The van der Waals surface area contributed by atoms with Gasteiger partial charge in [0.1, 0.15) is 0 Å². The SMILES string of the molecule is CCN(CC)c1ccc(CN(C2=NCCCS2)C(C)c2ccccc2)cc1. The molecule has 4 heteroatoms. The molecule has 3 nitrogen and oxygen atoms in total. The number of anilines is 1. The predicted octanol–water partition coefficient (Wildman–Crippen LogP) is 5.59. The van der Waals surface area contributed by atoms with Crippen LogP contribution in [0.1, 0.15) is 44.4 Å². The van der Waals surface area contributed by atoms with Crippen molar-refractivity contribution in [3.05, 3.63) is 65.7 Å². The molecule has 1 unspecified atom stereocenters. The number of nitrogens with zero attached hydrogens (tertiary/aromatic N) is 3. The Kier molecular flexibility index (Phi) is 7.22. The van der Waals surface area contributed by atoms with E-state index in [1.165, 1.54) is 28.4 Å². The second kappa shape index (κ2) is 9.84. The van der Waals surface area contributed by atoms with Crippen LogP contribution in [-0.4, -0.2) is 35.5 Å². The lowest BCUT2D eigenvalue weighted by Gasteiger charge is -2.33. The third kappa shape index (κ3) is 5.07. The largest absolute Gasteiger partial charge is 0.372 e. The van der Waals surface area contributed by atoms with Crippen molar-refractivity contribution >= 4 is 22.6 Å². The smallest absolute Gasteiger partial charge is 0.159 e. The van der Waals surface area contributed by atoms with Crippen molar-refractivity contribution in [1.82, 2.24) is 4.90 Å². The lowest BCUT2D eigenvalue weighted by molar-refractivity contribution is 0.334. The quantitative estimate of drug-likeness (QED) is 0.623. The van der Waals surface area contributed by atoms with Gasteiger partial charge in [-0.3, -0.25) is 4.99 Å². The van der Waals surface area contributed by atoms with Crippen LogP contribution in [0, 0.1) is 0 Å². The first kappa shape index (κ1) is 19.8. The van der Waals surface area contributed by atoms with E-state index in [0.29, 0.717) is 6.04 Å². The van der Waals surface area contributed by atoms with E-state index in [1.54, 1.807) is 0 Å². The maximum absolute atomic E-state index is 4.84. The first-order valence-corrected chi connectivity index (χ1v) is 11.0. The van der Waals surface area contributed by atoms with Crippen LogP contribution in [0.25, 0.3) is 0 Å².